The van der Waals surface area contributed by atoms with Crippen LogP contribution in [-0.4, -0.2) is 24.5 Å². The third kappa shape index (κ3) is 3.81. The lowest BCUT2D eigenvalue weighted by molar-refractivity contribution is -0.146. The highest BCUT2D eigenvalue weighted by atomic mass is 79.9. The summed E-state index contributed by atoms with van der Waals surface area (Å²) in [6.07, 6.45) is 0. The van der Waals surface area contributed by atoms with Crippen molar-refractivity contribution in [1.82, 2.24) is 5.32 Å². The first-order valence-electron chi connectivity index (χ1n) is 5.13. The molecule has 0 aliphatic heterocycles. The van der Waals surface area contributed by atoms with Crippen molar-refractivity contribution < 1.29 is 14.3 Å². The van der Waals surface area contributed by atoms with Crippen molar-refractivity contribution in [2.45, 2.75) is 19.4 Å². The lowest BCUT2D eigenvalue weighted by Gasteiger charge is -2.23. The molecule has 6 heteroatoms. The van der Waals surface area contributed by atoms with Gasteiger partial charge in [0, 0.05) is 14.5 Å². The molecule has 18 heavy (non-hydrogen) atoms. The smallest absolute Gasteiger partial charge is 0.330 e. The quantitative estimate of drug-likeness (QED) is 0.822. The molecule has 0 radical (unpaired) electrons. The molecular formula is C12H13Br2NO3. The highest BCUT2D eigenvalue weighted by molar-refractivity contribution is 9.11. The Hall–Kier alpha value is -0.880. The van der Waals surface area contributed by atoms with Gasteiger partial charge in [0.15, 0.2) is 0 Å². The molecular weight excluding hydrogens is 366 g/mol. The Labute approximate surface area is 122 Å². The molecule has 0 bridgehead atoms. The minimum absolute atomic E-state index is 0.340. The van der Waals surface area contributed by atoms with Crippen molar-refractivity contribution >= 4 is 43.7 Å². The monoisotopic (exact) mass is 377 g/mol. The summed E-state index contributed by atoms with van der Waals surface area (Å²) in [5, 5.41) is 2.62. The lowest BCUT2D eigenvalue weighted by atomic mass is 10.1. The van der Waals surface area contributed by atoms with Crippen LogP contribution in [0.25, 0.3) is 0 Å². The number of carbonyl (C=O) groups excluding carboxylic acids is 2. The Balaban J connectivity index is 2.92. The molecule has 98 valence electrons. The lowest BCUT2D eigenvalue weighted by Crippen LogP contribution is -2.50. The highest BCUT2D eigenvalue weighted by Gasteiger charge is 2.30. The Morgan fingerprint density at radius 2 is 1.67 bits per heavy atom. The summed E-state index contributed by atoms with van der Waals surface area (Å²) < 4.78 is 6.18. The molecule has 0 saturated carbocycles. The number of rotatable bonds is 3. The van der Waals surface area contributed by atoms with Gasteiger partial charge < -0.3 is 10.1 Å². The number of benzene rings is 1. The molecule has 4 nitrogen and oxygen atoms in total. The van der Waals surface area contributed by atoms with Crippen molar-refractivity contribution in [3.05, 3.63) is 32.7 Å². The van der Waals surface area contributed by atoms with Gasteiger partial charge in [-0.1, -0.05) is 31.9 Å². The second-order valence-corrected chi connectivity index (χ2v) is 6.06. The third-order valence-corrected chi connectivity index (χ3v) is 3.16. The molecule has 0 aliphatic carbocycles. The van der Waals surface area contributed by atoms with E-state index < -0.39 is 11.5 Å². The Kier molecular flexibility index (Phi) is 4.92. The molecule has 0 aliphatic rings. The fourth-order valence-corrected chi connectivity index (χ4v) is 2.64. The number of nitrogens with one attached hydrogen (secondary N) is 1. The van der Waals surface area contributed by atoms with Gasteiger partial charge in [0.1, 0.15) is 5.54 Å². The van der Waals surface area contributed by atoms with E-state index in [1.54, 1.807) is 26.0 Å². The van der Waals surface area contributed by atoms with Crippen molar-refractivity contribution in [3.8, 4) is 0 Å². The van der Waals surface area contributed by atoms with E-state index in [-0.39, 0.29) is 5.91 Å². The van der Waals surface area contributed by atoms with Crippen LogP contribution in [0.1, 0.15) is 24.2 Å². The number of amides is 1. The maximum absolute atomic E-state index is 12.0. The van der Waals surface area contributed by atoms with E-state index in [1.165, 1.54) is 7.11 Å². The summed E-state index contributed by atoms with van der Waals surface area (Å²) in [4.78, 5) is 23.5. The van der Waals surface area contributed by atoms with Crippen molar-refractivity contribution in [2.75, 3.05) is 7.11 Å². The highest BCUT2D eigenvalue weighted by Crippen LogP contribution is 2.20. The number of halogens is 2. The number of methoxy groups -OCH3 is 1. The van der Waals surface area contributed by atoms with Gasteiger partial charge in [0.2, 0.25) is 0 Å². The fraction of sp³-hybridized carbons (Fsp3) is 0.333. The van der Waals surface area contributed by atoms with Crippen LogP contribution in [0.4, 0.5) is 0 Å². The molecule has 0 saturated heterocycles. The summed E-state index contributed by atoms with van der Waals surface area (Å²) in [7, 11) is 1.28. The van der Waals surface area contributed by atoms with Crippen LogP contribution in [0.2, 0.25) is 0 Å². The Bertz CT molecular complexity index is 466. The average molecular weight is 379 g/mol. The van der Waals surface area contributed by atoms with E-state index in [2.05, 4.69) is 41.9 Å². The van der Waals surface area contributed by atoms with Crippen molar-refractivity contribution in [1.29, 1.82) is 0 Å². The summed E-state index contributed by atoms with van der Waals surface area (Å²) in [6, 6.07) is 5.17. The van der Waals surface area contributed by atoms with E-state index in [0.717, 1.165) is 8.95 Å². The molecule has 0 spiro atoms. The second-order valence-electron chi connectivity index (χ2n) is 4.23. The molecule has 0 unspecified atom stereocenters. The largest absolute Gasteiger partial charge is 0.467 e. The zero-order chi connectivity index (χ0) is 13.9. The van der Waals surface area contributed by atoms with Crippen LogP contribution in [-0.2, 0) is 9.53 Å². The summed E-state index contributed by atoms with van der Waals surface area (Å²) in [5.74, 6) is -0.836. The molecule has 0 atom stereocenters. The van der Waals surface area contributed by atoms with Gasteiger partial charge in [0.25, 0.3) is 5.91 Å². The Morgan fingerprint density at radius 1 is 1.17 bits per heavy atom. The topological polar surface area (TPSA) is 55.4 Å². The minimum Gasteiger partial charge on any atom is -0.467 e. The molecule has 1 aromatic carbocycles. The fourth-order valence-electron chi connectivity index (χ4n) is 1.35. The molecule has 1 N–H and O–H groups in total. The number of esters is 1. The predicted octanol–water partition coefficient (Wildman–Crippen LogP) is 2.89. The van der Waals surface area contributed by atoms with Crippen molar-refractivity contribution in [2.24, 2.45) is 0 Å². The normalized spacial score (nSPS) is 10.9. The molecule has 0 aromatic heterocycles. The van der Waals surface area contributed by atoms with Crippen LogP contribution < -0.4 is 5.32 Å². The van der Waals surface area contributed by atoms with Crippen LogP contribution in [0, 0.1) is 0 Å². The first-order valence-corrected chi connectivity index (χ1v) is 6.72. The van der Waals surface area contributed by atoms with E-state index in [1.807, 2.05) is 6.07 Å². The Morgan fingerprint density at radius 3 is 2.11 bits per heavy atom. The third-order valence-electron chi connectivity index (χ3n) is 2.25. The molecule has 1 amide bonds. The first-order chi connectivity index (χ1) is 8.26. The van der Waals surface area contributed by atoms with Gasteiger partial charge in [-0.3, -0.25) is 4.79 Å². The summed E-state index contributed by atoms with van der Waals surface area (Å²) in [6.45, 7) is 3.17. The van der Waals surface area contributed by atoms with E-state index in [4.69, 9.17) is 0 Å². The minimum atomic E-state index is -1.07. The summed E-state index contributed by atoms with van der Waals surface area (Å²) >= 11 is 6.60. The molecule has 1 rings (SSSR count). The number of hydrogen-bond donors (Lipinski definition) is 1. The van der Waals surface area contributed by atoms with Gasteiger partial charge in [-0.2, -0.15) is 0 Å². The molecule has 0 heterocycles. The standard InChI is InChI=1S/C12H13Br2NO3/c1-12(2,11(17)18-3)15-10(16)7-4-8(13)6-9(14)5-7/h4-6H,1-3H3,(H,15,16). The van der Waals surface area contributed by atoms with Gasteiger partial charge in [-0.25, -0.2) is 4.79 Å². The predicted molar refractivity (Wildman–Crippen MR) is 75.4 cm³/mol. The first kappa shape index (κ1) is 15.2. The van der Waals surface area contributed by atoms with E-state index >= 15 is 0 Å². The summed E-state index contributed by atoms with van der Waals surface area (Å²) in [5.41, 5.74) is -0.617. The van der Waals surface area contributed by atoms with Crippen LogP contribution in [0.3, 0.4) is 0 Å². The van der Waals surface area contributed by atoms with Gasteiger partial charge >= 0.3 is 5.97 Å². The van der Waals surface area contributed by atoms with Crippen molar-refractivity contribution in [3.63, 3.8) is 0 Å². The van der Waals surface area contributed by atoms with Gasteiger partial charge in [-0.05, 0) is 32.0 Å². The van der Waals surface area contributed by atoms with E-state index in [9.17, 15) is 9.59 Å². The van der Waals surface area contributed by atoms with Gasteiger partial charge in [-0.15, -0.1) is 0 Å². The number of ether oxygens (including phenoxy) is 1. The zero-order valence-electron chi connectivity index (χ0n) is 10.2. The molecule has 1 aromatic rings. The average Bonchev–Trinajstić information content (AvgIpc) is 2.25. The van der Waals surface area contributed by atoms with Gasteiger partial charge in [0.05, 0.1) is 7.11 Å². The second kappa shape index (κ2) is 5.84. The zero-order valence-corrected chi connectivity index (χ0v) is 13.4. The maximum atomic E-state index is 12.0. The van der Waals surface area contributed by atoms with Crippen LogP contribution in [0.15, 0.2) is 27.1 Å². The molecule has 0 fully saturated rings. The van der Waals surface area contributed by atoms with E-state index in [0.29, 0.717) is 5.56 Å². The van der Waals surface area contributed by atoms with Crippen LogP contribution in [0.5, 0.6) is 0 Å². The van der Waals surface area contributed by atoms with Crippen LogP contribution >= 0.6 is 31.9 Å². The number of carbonyl (C=O) groups is 2. The number of hydrogen-bond acceptors (Lipinski definition) is 3. The maximum Gasteiger partial charge on any atom is 0.330 e. The SMILES string of the molecule is COC(=O)C(C)(C)NC(=O)c1cc(Br)cc(Br)c1.